The summed E-state index contributed by atoms with van der Waals surface area (Å²) in [6.45, 7) is 3.89. The molecule has 2 unspecified atom stereocenters. The molecule has 1 rings (SSSR count). The van der Waals surface area contributed by atoms with E-state index in [4.69, 9.17) is 9.47 Å². The minimum absolute atomic E-state index is 0.131. The molecule has 0 saturated carbocycles. The normalized spacial score (nSPS) is 18.8. The molecule has 1 aliphatic heterocycles. The zero-order chi connectivity index (χ0) is 53.6. The van der Waals surface area contributed by atoms with E-state index in [1.807, 2.05) is 0 Å². The second-order valence-electron chi connectivity index (χ2n) is 23.6. The number of amides is 1. The van der Waals surface area contributed by atoms with Crippen molar-refractivity contribution in [3.63, 3.8) is 0 Å². The van der Waals surface area contributed by atoms with Gasteiger partial charge in [-0.2, -0.15) is 0 Å². The van der Waals surface area contributed by atoms with Gasteiger partial charge in [-0.25, -0.2) is 0 Å². The fourth-order valence-electron chi connectivity index (χ4n) is 11.2. The maximum atomic E-state index is 13.1. The number of hydrogen-bond acceptors (Lipinski definition) is 8. The lowest BCUT2D eigenvalue weighted by Crippen LogP contribution is -2.60. The van der Waals surface area contributed by atoms with Crippen LogP contribution in [0.2, 0.25) is 0 Å². The third-order valence-electron chi connectivity index (χ3n) is 16.5. The maximum Gasteiger partial charge on any atom is 0.220 e. The topological polar surface area (TPSA) is 149 Å². The van der Waals surface area contributed by atoms with Gasteiger partial charge in [0, 0.05) is 6.42 Å². The van der Waals surface area contributed by atoms with Crippen molar-refractivity contribution in [1.82, 2.24) is 5.32 Å². The number of hydrogen-bond donors (Lipinski definition) is 6. The van der Waals surface area contributed by atoms with E-state index < -0.39 is 49.5 Å². The van der Waals surface area contributed by atoms with Crippen molar-refractivity contribution in [2.24, 2.45) is 0 Å². The van der Waals surface area contributed by atoms with E-state index in [1.54, 1.807) is 0 Å². The first-order valence-electron chi connectivity index (χ1n) is 33.2. The van der Waals surface area contributed by atoms with Crippen LogP contribution in [0.5, 0.6) is 0 Å². The zero-order valence-corrected chi connectivity index (χ0v) is 49.4. The predicted octanol–water partition coefficient (Wildman–Crippen LogP) is 17.4. The first-order valence-corrected chi connectivity index (χ1v) is 33.2. The second-order valence-corrected chi connectivity index (χ2v) is 23.6. The molecule has 0 aliphatic carbocycles. The van der Waals surface area contributed by atoms with Crippen LogP contribution in [-0.4, -0.2) is 87.5 Å². The Bertz CT molecular complexity index is 1130. The number of carbonyl (C=O) groups excluding carboxylic acids is 1. The molecule has 1 amide bonds. The molecule has 0 radical (unpaired) electrons. The van der Waals surface area contributed by atoms with E-state index in [1.165, 1.54) is 289 Å². The largest absolute Gasteiger partial charge is 0.394 e. The molecule has 7 atom stereocenters. The SMILES string of the molecule is CCCCCCCCCCCCCCCCCCCCCCCCCCCCCCCCCCCCCC(=O)N[C@@H](CO[C@@H]1O[C@H](CO)[C@@H](O)C(O)C1O)[C@H](O)CCCCCCCCCCCCCCCCCC. The van der Waals surface area contributed by atoms with Crippen molar-refractivity contribution in [3.05, 3.63) is 0 Å². The van der Waals surface area contributed by atoms with Crippen LogP contribution >= 0.6 is 0 Å². The highest BCUT2D eigenvalue weighted by Gasteiger charge is 2.44. The molecule has 0 aromatic heterocycles. The first-order chi connectivity index (χ1) is 36.3. The average Bonchev–Trinajstić information content (AvgIpc) is 3.40. The summed E-state index contributed by atoms with van der Waals surface area (Å²) >= 11 is 0. The Morgan fingerprint density at radius 3 is 0.959 bits per heavy atom. The van der Waals surface area contributed by atoms with E-state index in [-0.39, 0.29) is 12.5 Å². The minimum atomic E-state index is -1.55. The quantitative estimate of drug-likeness (QED) is 0.0330. The molecule has 1 saturated heterocycles. The highest BCUT2D eigenvalue weighted by molar-refractivity contribution is 5.76. The molecule has 74 heavy (non-hydrogen) atoms. The number of nitrogens with one attached hydrogen (secondary N) is 1. The van der Waals surface area contributed by atoms with E-state index in [0.29, 0.717) is 12.8 Å². The third-order valence-corrected chi connectivity index (χ3v) is 16.5. The Labute approximate surface area is 459 Å². The van der Waals surface area contributed by atoms with Crippen molar-refractivity contribution in [3.8, 4) is 0 Å². The summed E-state index contributed by atoms with van der Waals surface area (Å²) in [5.74, 6) is -0.135. The van der Waals surface area contributed by atoms with Gasteiger partial charge in [0.05, 0.1) is 25.4 Å². The summed E-state index contributed by atoms with van der Waals surface area (Å²) in [6, 6.07) is -0.714. The molecule has 442 valence electrons. The van der Waals surface area contributed by atoms with Gasteiger partial charge in [-0.1, -0.05) is 335 Å². The standard InChI is InChI=1S/C65H129NO8/c1-3-5-7-9-11-13-15-17-19-21-22-23-24-25-26-27-28-29-30-31-32-33-34-35-36-37-38-39-41-43-45-47-49-51-53-55-61(69)66-58(57-73-65-64(72)63(71)62(70)60(56-67)74-65)59(68)54-52-50-48-46-44-42-40-20-18-16-14-12-10-8-6-4-2/h58-60,62-65,67-68,70-72H,3-57H2,1-2H3,(H,66,69)/t58-,59+,60+,62+,63?,64?,65+/m0/s1. The van der Waals surface area contributed by atoms with E-state index in [2.05, 4.69) is 19.2 Å². The van der Waals surface area contributed by atoms with E-state index in [9.17, 15) is 30.3 Å². The fraction of sp³-hybridized carbons (Fsp3) is 0.985. The Hall–Kier alpha value is -0.810. The number of rotatable bonds is 59. The lowest BCUT2D eigenvalue weighted by atomic mass is 9.99. The highest BCUT2D eigenvalue weighted by Crippen LogP contribution is 2.24. The Morgan fingerprint density at radius 2 is 0.676 bits per heavy atom. The van der Waals surface area contributed by atoms with Crippen LogP contribution in [0, 0.1) is 0 Å². The van der Waals surface area contributed by atoms with Crippen LogP contribution < -0.4 is 5.32 Å². The molecule has 1 aliphatic rings. The summed E-state index contributed by atoms with van der Waals surface area (Å²) in [4.78, 5) is 13.1. The molecule has 0 bridgehead atoms. The monoisotopic (exact) mass is 1050 g/mol. The summed E-state index contributed by atoms with van der Waals surface area (Å²) in [7, 11) is 0. The van der Waals surface area contributed by atoms with Crippen LogP contribution in [-0.2, 0) is 14.3 Å². The summed E-state index contributed by atoms with van der Waals surface area (Å²) in [5.41, 5.74) is 0. The van der Waals surface area contributed by atoms with Crippen LogP contribution in [0.1, 0.15) is 354 Å². The van der Waals surface area contributed by atoms with Gasteiger partial charge in [0.15, 0.2) is 6.29 Å². The molecule has 0 aromatic rings. The van der Waals surface area contributed by atoms with Crippen molar-refractivity contribution in [2.75, 3.05) is 13.2 Å². The van der Waals surface area contributed by atoms with Gasteiger partial charge in [0.25, 0.3) is 0 Å². The smallest absolute Gasteiger partial charge is 0.220 e. The Balaban J connectivity index is 2.04. The maximum absolute atomic E-state index is 13.1. The number of aliphatic hydroxyl groups is 5. The van der Waals surface area contributed by atoms with Gasteiger partial charge in [-0.05, 0) is 12.8 Å². The van der Waals surface area contributed by atoms with Crippen molar-refractivity contribution < 1.29 is 39.8 Å². The van der Waals surface area contributed by atoms with Gasteiger partial charge < -0.3 is 40.3 Å². The highest BCUT2D eigenvalue weighted by atomic mass is 16.7. The molecule has 9 nitrogen and oxygen atoms in total. The molecule has 6 N–H and O–H groups in total. The molecule has 1 heterocycles. The second kappa shape index (κ2) is 55.5. The molecular formula is C65H129NO8. The first kappa shape index (κ1) is 71.2. The van der Waals surface area contributed by atoms with Gasteiger partial charge >= 0.3 is 0 Å². The van der Waals surface area contributed by atoms with Gasteiger partial charge in [-0.15, -0.1) is 0 Å². The lowest BCUT2D eigenvalue weighted by molar-refractivity contribution is -0.302. The van der Waals surface area contributed by atoms with Crippen molar-refractivity contribution >= 4 is 5.91 Å². The molecule has 0 aromatic carbocycles. The fourth-order valence-corrected chi connectivity index (χ4v) is 11.2. The van der Waals surface area contributed by atoms with Crippen molar-refractivity contribution in [1.29, 1.82) is 0 Å². The van der Waals surface area contributed by atoms with E-state index >= 15 is 0 Å². The van der Waals surface area contributed by atoms with Crippen LogP contribution in [0.25, 0.3) is 0 Å². The third kappa shape index (κ3) is 44.1. The number of carbonyl (C=O) groups is 1. The van der Waals surface area contributed by atoms with Crippen LogP contribution in [0.4, 0.5) is 0 Å². The summed E-state index contributed by atoms with van der Waals surface area (Å²) in [5, 5.41) is 54.8. The van der Waals surface area contributed by atoms with Crippen molar-refractivity contribution in [2.45, 2.75) is 397 Å². The summed E-state index contributed by atoms with van der Waals surface area (Å²) < 4.78 is 11.3. The minimum Gasteiger partial charge on any atom is -0.394 e. The Kier molecular flexibility index (Phi) is 53.4. The zero-order valence-electron chi connectivity index (χ0n) is 49.4. The molecule has 9 heteroatoms. The van der Waals surface area contributed by atoms with Gasteiger partial charge in [0.2, 0.25) is 5.91 Å². The number of ether oxygens (including phenoxy) is 2. The average molecular weight is 1050 g/mol. The summed E-state index contributed by atoms with van der Waals surface area (Å²) in [6.07, 6.45) is 61.8. The predicted molar refractivity (Wildman–Crippen MR) is 314 cm³/mol. The number of aliphatic hydroxyl groups excluding tert-OH is 5. The van der Waals surface area contributed by atoms with Crippen LogP contribution in [0.15, 0.2) is 0 Å². The Morgan fingerprint density at radius 1 is 0.405 bits per heavy atom. The molecular weight excluding hydrogens is 923 g/mol. The van der Waals surface area contributed by atoms with E-state index in [0.717, 1.165) is 38.5 Å². The van der Waals surface area contributed by atoms with Crippen LogP contribution in [0.3, 0.4) is 0 Å². The van der Waals surface area contributed by atoms with Gasteiger partial charge in [-0.3, -0.25) is 4.79 Å². The molecule has 0 spiro atoms. The molecule has 1 fully saturated rings. The van der Waals surface area contributed by atoms with Gasteiger partial charge in [0.1, 0.15) is 24.4 Å². The lowest BCUT2D eigenvalue weighted by Gasteiger charge is -2.40. The number of unbranched alkanes of at least 4 members (excludes halogenated alkanes) is 49.